The Morgan fingerprint density at radius 3 is 2.71 bits per heavy atom. The summed E-state index contributed by atoms with van der Waals surface area (Å²) in [6.07, 6.45) is 2.22. The molecule has 3 nitrogen and oxygen atoms in total. The van der Waals surface area contributed by atoms with Crippen LogP contribution in [0, 0.1) is 6.92 Å². The number of H-pyrrole nitrogens is 1. The molecule has 0 bridgehead atoms. The van der Waals surface area contributed by atoms with Crippen LogP contribution in [-0.4, -0.2) is 17.6 Å². The second-order valence-corrected chi connectivity index (χ2v) is 5.16. The predicted octanol–water partition coefficient (Wildman–Crippen LogP) is 2.23. The summed E-state index contributed by atoms with van der Waals surface area (Å²) in [5.41, 5.74) is 10.1. The number of likely N-dealkylation sites (N-methyl/N-ethyl adjacent to an activating group) is 1. The van der Waals surface area contributed by atoms with Crippen molar-refractivity contribution >= 4 is 10.9 Å². The van der Waals surface area contributed by atoms with E-state index >= 15 is 0 Å². The Morgan fingerprint density at radius 2 is 2.06 bits per heavy atom. The minimum Gasteiger partial charge on any atom is -0.358 e. The van der Waals surface area contributed by atoms with Crippen LogP contribution in [0.3, 0.4) is 0 Å². The van der Waals surface area contributed by atoms with Gasteiger partial charge in [-0.25, -0.2) is 0 Å². The fourth-order valence-electron chi connectivity index (χ4n) is 2.82. The van der Waals surface area contributed by atoms with Gasteiger partial charge in [0.15, 0.2) is 0 Å². The molecule has 1 aliphatic rings. The van der Waals surface area contributed by atoms with Gasteiger partial charge in [0, 0.05) is 22.1 Å². The van der Waals surface area contributed by atoms with E-state index in [0.717, 1.165) is 12.8 Å². The SMILES string of the molecule is CNC(c1c(C)[nH]c2ccccc12)C1(N)CC1. The van der Waals surface area contributed by atoms with Crippen LogP contribution in [0.2, 0.25) is 0 Å². The molecule has 3 rings (SSSR count). The highest BCUT2D eigenvalue weighted by Crippen LogP contribution is 2.45. The van der Waals surface area contributed by atoms with Gasteiger partial charge in [0.05, 0.1) is 6.04 Å². The predicted molar refractivity (Wildman–Crippen MR) is 71.0 cm³/mol. The Labute approximate surface area is 101 Å². The summed E-state index contributed by atoms with van der Waals surface area (Å²) in [6, 6.07) is 8.69. The molecule has 1 fully saturated rings. The van der Waals surface area contributed by atoms with E-state index in [-0.39, 0.29) is 11.6 Å². The second kappa shape index (κ2) is 3.59. The van der Waals surface area contributed by atoms with Gasteiger partial charge in [-0.05, 0) is 38.4 Å². The third kappa shape index (κ3) is 1.58. The monoisotopic (exact) mass is 229 g/mol. The summed E-state index contributed by atoms with van der Waals surface area (Å²) >= 11 is 0. The molecule has 17 heavy (non-hydrogen) atoms. The third-order valence-electron chi connectivity index (χ3n) is 3.92. The van der Waals surface area contributed by atoms with Gasteiger partial charge < -0.3 is 16.0 Å². The van der Waals surface area contributed by atoms with E-state index in [9.17, 15) is 0 Å². The van der Waals surface area contributed by atoms with Crippen LogP contribution in [0.25, 0.3) is 10.9 Å². The Bertz CT molecular complexity index is 552. The Kier molecular flexibility index (Phi) is 2.28. The zero-order chi connectivity index (χ0) is 12.0. The van der Waals surface area contributed by atoms with Crippen molar-refractivity contribution in [2.24, 2.45) is 5.73 Å². The molecule has 1 atom stereocenters. The van der Waals surface area contributed by atoms with Gasteiger partial charge in [-0.15, -0.1) is 0 Å². The molecule has 1 heterocycles. The molecule has 0 spiro atoms. The lowest BCUT2D eigenvalue weighted by atomic mass is 9.95. The largest absolute Gasteiger partial charge is 0.358 e. The van der Waals surface area contributed by atoms with Crippen LogP contribution in [0.1, 0.15) is 30.1 Å². The number of hydrogen-bond donors (Lipinski definition) is 3. The lowest BCUT2D eigenvalue weighted by molar-refractivity contribution is 0.462. The number of para-hydroxylation sites is 1. The number of nitrogens with two attached hydrogens (primary N) is 1. The maximum Gasteiger partial charge on any atom is 0.0524 e. The highest BCUT2D eigenvalue weighted by Gasteiger charge is 2.46. The van der Waals surface area contributed by atoms with Crippen LogP contribution in [0.4, 0.5) is 0 Å². The van der Waals surface area contributed by atoms with Crippen molar-refractivity contribution in [2.45, 2.75) is 31.3 Å². The van der Waals surface area contributed by atoms with Gasteiger partial charge in [0.25, 0.3) is 0 Å². The molecule has 1 aromatic carbocycles. The number of nitrogens with one attached hydrogen (secondary N) is 2. The second-order valence-electron chi connectivity index (χ2n) is 5.16. The van der Waals surface area contributed by atoms with Crippen molar-refractivity contribution in [1.29, 1.82) is 0 Å². The van der Waals surface area contributed by atoms with E-state index in [1.165, 1.54) is 22.2 Å². The van der Waals surface area contributed by atoms with E-state index in [1.807, 2.05) is 7.05 Å². The van der Waals surface area contributed by atoms with Crippen LogP contribution in [0.15, 0.2) is 24.3 Å². The molecule has 1 saturated carbocycles. The molecular weight excluding hydrogens is 210 g/mol. The normalized spacial score (nSPS) is 19.5. The van der Waals surface area contributed by atoms with Crippen molar-refractivity contribution < 1.29 is 0 Å². The summed E-state index contributed by atoms with van der Waals surface area (Å²) in [4.78, 5) is 3.45. The first-order valence-electron chi connectivity index (χ1n) is 6.19. The molecule has 0 saturated heterocycles. The maximum absolute atomic E-state index is 6.38. The van der Waals surface area contributed by atoms with Crippen molar-refractivity contribution in [1.82, 2.24) is 10.3 Å². The number of fused-ring (bicyclic) bond motifs is 1. The zero-order valence-corrected chi connectivity index (χ0v) is 10.4. The molecule has 0 aliphatic heterocycles. The molecule has 3 heteroatoms. The van der Waals surface area contributed by atoms with Gasteiger partial charge in [-0.1, -0.05) is 18.2 Å². The standard InChI is InChI=1S/C14H19N3/c1-9-12(13(16-2)14(15)7-8-14)10-5-3-4-6-11(10)17-9/h3-6,13,16-17H,7-8,15H2,1-2H3. The highest BCUT2D eigenvalue weighted by molar-refractivity contribution is 5.85. The fourth-order valence-corrected chi connectivity index (χ4v) is 2.82. The van der Waals surface area contributed by atoms with E-state index in [4.69, 9.17) is 5.73 Å². The van der Waals surface area contributed by atoms with Crippen molar-refractivity contribution in [3.8, 4) is 0 Å². The lowest BCUT2D eigenvalue weighted by Gasteiger charge is -2.23. The van der Waals surface area contributed by atoms with E-state index in [2.05, 4.69) is 41.5 Å². The molecule has 1 aromatic heterocycles. The van der Waals surface area contributed by atoms with Crippen LogP contribution in [0.5, 0.6) is 0 Å². The Balaban J connectivity index is 2.18. The topological polar surface area (TPSA) is 53.8 Å². The van der Waals surface area contributed by atoms with Crippen LogP contribution in [-0.2, 0) is 0 Å². The molecule has 90 valence electrons. The van der Waals surface area contributed by atoms with E-state index in [1.54, 1.807) is 0 Å². The first-order valence-corrected chi connectivity index (χ1v) is 6.19. The zero-order valence-electron chi connectivity index (χ0n) is 10.4. The van der Waals surface area contributed by atoms with E-state index in [0.29, 0.717) is 0 Å². The number of benzene rings is 1. The molecule has 1 unspecified atom stereocenters. The fraction of sp³-hybridized carbons (Fsp3) is 0.429. The summed E-state index contributed by atoms with van der Waals surface area (Å²) in [6.45, 7) is 2.13. The van der Waals surface area contributed by atoms with Crippen LogP contribution < -0.4 is 11.1 Å². The van der Waals surface area contributed by atoms with Gasteiger partial charge in [-0.2, -0.15) is 0 Å². The highest BCUT2D eigenvalue weighted by atomic mass is 15.0. The van der Waals surface area contributed by atoms with Gasteiger partial charge >= 0.3 is 0 Å². The van der Waals surface area contributed by atoms with Crippen LogP contribution >= 0.6 is 0 Å². The van der Waals surface area contributed by atoms with Gasteiger partial charge in [0.2, 0.25) is 0 Å². The third-order valence-corrected chi connectivity index (χ3v) is 3.92. The smallest absolute Gasteiger partial charge is 0.0524 e. The number of aromatic amines is 1. The summed E-state index contributed by atoms with van der Waals surface area (Å²) < 4.78 is 0. The van der Waals surface area contributed by atoms with Crippen molar-refractivity contribution in [3.63, 3.8) is 0 Å². The lowest BCUT2D eigenvalue weighted by Crippen LogP contribution is -2.38. The van der Waals surface area contributed by atoms with Gasteiger partial charge in [0.1, 0.15) is 0 Å². The first-order chi connectivity index (χ1) is 8.15. The Hall–Kier alpha value is -1.32. The first kappa shape index (κ1) is 10.8. The Morgan fingerprint density at radius 1 is 1.35 bits per heavy atom. The van der Waals surface area contributed by atoms with Crippen molar-refractivity contribution in [3.05, 3.63) is 35.5 Å². The molecule has 1 aliphatic carbocycles. The number of aryl methyl sites for hydroxylation is 1. The average molecular weight is 229 g/mol. The van der Waals surface area contributed by atoms with Gasteiger partial charge in [-0.3, -0.25) is 0 Å². The molecular formula is C14H19N3. The molecule has 4 N–H and O–H groups in total. The maximum atomic E-state index is 6.38. The van der Waals surface area contributed by atoms with E-state index < -0.39 is 0 Å². The summed E-state index contributed by atoms with van der Waals surface area (Å²) in [7, 11) is 2.00. The molecule has 0 amide bonds. The average Bonchev–Trinajstić information content (AvgIpc) is 2.97. The molecule has 0 radical (unpaired) electrons. The van der Waals surface area contributed by atoms with Crippen molar-refractivity contribution in [2.75, 3.05) is 7.05 Å². The molecule has 2 aromatic rings. The number of hydrogen-bond acceptors (Lipinski definition) is 2. The quantitative estimate of drug-likeness (QED) is 0.756. The summed E-state index contributed by atoms with van der Waals surface area (Å²) in [5, 5.41) is 4.69. The number of rotatable bonds is 3. The minimum atomic E-state index is -0.0511. The minimum absolute atomic E-state index is 0.0511. The summed E-state index contributed by atoms with van der Waals surface area (Å²) in [5.74, 6) is 0. The number of aromatic nitrogens is 1.